The molecule has 1 aliphatic rings. The van der Waals surface area contributed by atoms with Crippen LogP contribution in [-0.2, 0) is 7.05 Å². The monoisotopic (exact) mass is 403 g/mol. The van der Waals surface area contributed by atoms with Crippen LogP contribution in [0, 0.1) is 15.5 Å². The lowest BCUT2D eigenvalue weighted by Crippen LogP contribution is -2.41. The predicted molar refractivity (Wildman–Crippen MR) is 111 cm³/mol. The van der Waals surface area contributed by atoms with Gasteiger partial charge in [-0.1, -0.05) is 44.2 Å². The summed E-state index contributed by atoms with van der Waals surface area (Å²) in [6.07, 6.45) is 3.19. The predicted octanol–water partition coefficient (Wildman–Crippen LogP) is 3.44. The molecule has 3 rings (SSSR count). The van der Waals surface area contributed by atoms with Crippen molar-refractivity contribution in [3.63, 3.8) is 0 Å². The van der Waals surface area contributed by atoms with Crippen LogP contribution in [0.15, 0.2) is 38.9 Å². The minimum Gasteiger partial charge on any atom is -0.382 e. The summed E-state index contributed by atoms with van der Waals surface area (Å²) in [4.78, 5) is 30.9. The van der Waals surface area contributed by atoms with Crippen LogP contribution in [0.4, 0.5) is 17.5 Å². The molecule has 2 heterocycles. The fourth-order valence-electron chi connectivity index (χ4n) is 3.37. The Morgan fingerprint density at radius 1 is 1.32 bits per heavy atom. The van der Waals surface area contributed by atoms with Crippen LogP contribution in [0.25, 0.3) is 0 Å². The molecule has 0 saturated carbocycles. The molecule has 0 radical (unpaired) electrons. The highest BCUT2D eigenvalue weighted by Gasteiger charge is 2.30. The van der Waals surface area contributed by atoms with E-state index in [1.54, 1.807) is 25.2 Å². The zero-order chi connectivity index (χ0) is 20.5. The van der Waals surface area contributed by atoms with Crippen LogP contribution < -0.4 is 16.2 Å². The number of hydrogen-bond donors (Lipinski definition) is 1. The van der Waals surface area contributed by atoms with E-state index in [1.807, 2.05) is 0 Å². The third kappa shape index (κ3) is 3.84. The van der Waals surface area contributed by atoms with Gasteiger partial charge >= 0.3 is 0 Å². The molecule has 0 atom stereocenters. The Balaban J connectivity index is 1.92. The molecule has 28 heavy (non-hydrogen) atoms. The third-order valence-corrected chi connectivity index (χ3v) is 6.79. The highest BCUT2D eigenvalue weighted by Crippen LogP contribution is 2.37. The van der Waals surface area contributed by atoms with Gasteiger partial charge in [0.25, 0.3) is 11.2 Å². The summed E-state index contributed by atoms with van der Waals surface area (Å²) in [5.41, 5.74) is 6.07. The molecule has 2 aromatic rings. The second-order valence-electron chi connectivity index (χ2n) is 7.47. The van der Waals surface area contributed by atoms with Crippen molar-refractivity contribution in [1.82, 2.24) is 9.55 Å². The van der Waals surface area contributed by atoms with Crippen LogP contribution in [0.3, 0.4) is 0 Å². The van der Waals surface area contributed by atoms with E-state index in [0.29, 0.717) is 16.3 Å². The number of nitrogens with two attached hydrogens (primary N) is 1. The lowest BCUT2D eigenvalue weighted by molar-refractivity contribution is -0.387. The van der Waals surface area contributed by atoms with Gasteiger partial charge in [0, 0.05) is 26.2 Å². The average Bonchev–Trinajstić information content (AvgIpc) is 2.69. The topological polar surface area (TPSA) is 107 Å². The minimum atomic E-state index is -0.469. The van der Waals surface area contributed by atoms with Crippen molar-refractivity contribution in [2.24, 2.45) is 12.5 Å². The van der Waals surface area contributed by atoms with Gasteiger partial charge in [0.05, 0.1) is 9.82 Å². The fourth-order valence-corrected chi connectivity index (χ4v) is 4.36. The number of anilines is 2. The van der Waals surface area contributed by atoms with Gasteiger partial charge in [0.1, 0.15) is 10.7 Å². The van der Waals surface area contributed by atoms with Crippen molar-refractivity contribution in [3.05, 3.63) is 44.7 Å². The molecule has 8 nitrogen and oxygen atoms in total. The molecular weight excluding hydrogens is 378 g/mol. The van der Waals surface area contributed by atoms with Gasteiger partial charge in [-0.25, -0.2) is 0 Å². The molecule has 0 unspecified atom stereocenters. The van der Waals surface area contributed by atoms with Gasteiger partial charge in [0.2, 0.25) is 5.95 Å². The van der Waals surface area contributed by atoms with E-state index in [0.717, 1.165) is 44.1 Å². The first-order valence-corrected chi connectivity index (χ1v) is 10.1. The molecular formula is C19H25N5O3S. The smallest absolute Gasteiger partial charge is 0.283 e. The summed E-state index contributed by atoms with van der Waals surface area (Å²) in [5.74, 6) is 0.651. The average molecular weight is 404 g/mol. The van der Waals surface area contributed by atoms with Crippen molar-refractivity contribution in [2.45, 2.75) is 42.9 Å². The van der Waals surface area contributed by atoms with E-state index in [2.05, 4.69) is 23.7 Å². The Labute approximate surface area is 167 Å². The first-order valence-electron chi connectivity index (χ1n) is 9.28. The number of hydrogen-bond acceptors (Lipinski definition) is 7. The lowest BCUT2D eigenvalue weighted by Gasteiger charge is -2.39. The zero-order valence-corrected chi connectivity index (χ0v) is 17.2. The number of rotatable bonds is 5. The van der Waals surface area contributed by atoms with E-state index in [4.69, 9.17) is 5.73 Å². The quantitative estimate of drug-likeness (QED) is 0.602. The number of nitro groups is 1. The van der Waals surface area contributed by atoms with Crippen molar-refractivity contribution in [3.8, 4) is 0 Å². The Bertz CT molecular complexity index is 951. The first kappa shape index (κ1) is 20.2. The molecule has 1 aliphatic heterocycles. The highest BCUT2D eigenvalue weighted by molar-refractivity contribution is 7.99. The summed E-state index contributed by atoms with van der Waals surface area (Å²) in [5, 5.41) is 11.2. The number of para-hydroxylation sites is 1. The number of nitrogen functional groups attached to an aromatic ring is 1. The summed E-state index contributed by atoms with van der Waals surface area (Å²) in [6.45, 7) is 6.13. The SMILES string of the molecule is CCC1(C)CCN(c2nc(N)c(Sc3ccccc3[N+](=O)[O-])c(=O)n2C)CC1. The van der Waals surface area contributed by atoms with Gasteiger partial charge in [-0.05, 0) is 24.3 Å². The number of aromatic nitrogens is 2. The van der Waals surface area contributed by atoms with Crippen molar-refractivity contribution in [2.75, 3.05) is 23.7 Å². The standard InChI is InChI=1S/C19H25N5O3S/c1-4-19(2)9-11-23(12-10-19)18-21-16(20)15(17(25)22(18)3)28-14-8-6-5-7-13(14)24(26)27/h5-8H,4,9-12,20H2,1-3H3. The second-order valence-corrected chi connectivity index (χ2v) is 8.52. The molecule has 150 valence electrons. The Morgan fingerprint density at radius 2 is 1.96 bits per heavy atom. The Hall–Kier alpha value is -2.55. The molecule has 1 aromatic carbocycles. The van der Waals surface area contributed by atoms with E-state index in [9.17, 15) is 14.9 Å². The molecule has 0 bridgehead atoms. The van der Waals surface area contributed by atoms with Crippen LogP contribution >= 0.6 is 11.8 Å². The Kier molecular flexibility index (Phi) is 5.64. The number of piperidine rings is 1. The molecule has 2 N–H and O–H groups in total. The molecule has 1 saturated heterocycles. The largest absolute Gasteiger partial charge is 0.382 e. The minimum absolute atomic E-state index is 0.0621. The fraction of sp³-hybridized carbons (Fsp3) is 0.474. The van der Waals surface area contributed by atoms with E-state index in [1.165, 1.54) is 10.6 Å². The van der Waals surface area contributed by atoms with Gasteiger partial charge in [0.15, 0.2) is 0 Å². The molecule has 1 fully saturated rings. The number of benzene rings is 1. The summed E-state index contributed by atoms with van der Waals surface area (Å²) in [7, 11) is 1.67. The molecule has 0 aliphatic carbocycles. The maximum absolute atomic E-state index is 12.9. The molecule has 0 spiro atoms. The van der Waals surface area contributed by atoms with Gasteiger partial charge in [-0.2, -0.15) is 4.98 Å². The molecule has 0 amide bonds. The van der Waals surface area contributed by atoms with E-state index >= 15 is 0 Å². The van der Waals surface area contributed by atoms with Crippen LogP contribution in [0.5, 0.6) is 0 Å². The second kappa shape index (κ2) is 7.83. The van der Waals surface area contributed by atoms with Crippen molar-refractivity contribution in [1.29, 1.82) is 0 Å². The normalized spacial score (nSPS) is 16.2. The number of nitrogens with zero attached hydrogens (tertiary/aromatic N) is 4. The van der Waals surface area contributed by atoms with Crippen LogP contribution in [0.2, 0.25) is 0 Å². The van der Waals surface area contributed by atoms with Gasteiger partial charge in [-0.3, -0.25) is 19.5 Å². The maximum Gasteiger partial charge on any atom is 0.283 e. The summed E-state index contributed by atoms with van der Waals surface area (Å²) in [6, 6.07) is 6.29. The number of nitro benzene ring substituents is 1. The first-order chi connectivity index (χ1) is 13.3. The molecule has 9 heteroatoms. The Morgan fingerprint density at radius 3 is 2.57 bits per heavy atom. The zero-order valence-electron chi connectivity index (χ0n) is 16.3. The third-order valence-electron chi connectivity index (χ3n) is 5.63. The summed E-state index contributed by atoms with van der Waals surface area (Å²) >= 11 is 0.988. The van der Waals surface area contributed by atoms with Crippen molar-refractivity contribution < 1.29 is 4.92 Å². The summed E-state index contributed by atoms with van der Waals surface area (Å²) < 4.78 is 1.49. The molecule has 1 aromatic heterocycles. The van der Waals surface area contributed by atoms with Gasteiger partial charge in [-0.15, -0.1) is 0 Å². The highest BCUT2D eigenvalue weighted by atomic mass is 32.2. The maximum atomic E-state index is 12.9. The lowest BCUT2D eigenvalue weighted by atomic mass is 9.78. The van der Waals surface area contributed by atoms with Crippen LogP contribution in [-0.4, -0.2) is 27.6 Å². The van der Waals surface area contributed by atoms with E-state index in [-0.39, 0.29) is 22.0 Å². The van der Waals surface area contributed by atoms with Crippen LogP contribution in [0.1, 0.15) is 33.1 Å². The van der Waals surface area contributed by atoms with E-state index < -0.39 is 4.92 Å². The van der Waals surface area contributed by atoms with Gasteiger partial charge < -0.3 is 10.6 Å². The van der Waals surface area contributed by atoms with Crippen molar-refractivity contribution >= 4 is 29.2 Å².